The van der Waals surface area contributed by atoms with Crippen molar-refractivity contribution in [3.05, 3.63) is 71.1 Å². The predicted molar refractivity (Wildman–Crippen MR) is 135 cm³/mol. The zero-order chi connectivity index (χ0) is 22.9. The highest BCUT2D eigenvalue weighted by molar-refractivity contribution is 5.99. The van der Waals surface area contributed by atoms with E-state index in [0.29, 0.717) is 0 Å². The number of rotatable bonds is 5. The van der Waals surface area contributed by atoms with Gasteiger partial charge in [-0.1, -0.05) is 19.1 Å². The van der Waals surface area contributed by atoms with Crippen LogP contribution in [-0.4, -0.2) is 53.0 Å². The molecule has 0 radical (unpaired) electrons. The number of dihydropyridines is 1. The third kappa shape index (κ3) is 4.26. The van der Waals surface area contributed by atoms with Crippen molar-refractivity contribution in [1.29, 1.82) is 0 Å². The van der Waals surface area contributed by atoms with Gasteiger partial charge < -0.3 is 14.8 Å². The molecule has 1 saturated heterocycles. The molecule has 0 unspecified atom stereocenters. The maximum absolute atomic E-state index is 13.3. The lowest BCUT2D eigenvalue weighted by molar-refractivity contribution is 0.0697. The third-order valence-electron chi connectivity index (χ3n) is 7.65. The van der Waals surface area contributed by atoms with Gasteiger partial charge in [0.2, 0.25) is 0 Å². The number of nitrogens with zero attached hydrogens (tertiary/aromatic N) is 3. The molecule has 33 heavy (non-hydrogen) atoms. The second-order valence-electron chi connectivity index (χ2n) is 9.96. The van der Waals surface area contributed by atoms with E-state index in [1.165, 1.54) is 33.3 Å². The third-order valence-corrected chi connectivity index (χ3v) is 7.65. The molecule has 5 heteroatoms. The van der Waals surface area contributed by atoms with Crippen molar-refractivity contribution >= 4 is 16.8 Å². The first kappa shape index (κ1) is 22.0. The zero-order valence-corrected chi connectivity index (χ0v) is 20.1. The highest BCUT2D eigenvalue weighted by Gasteiger charge is 2.27. The van der Waals surface area contributed by atoms with Crippen molar-refractivity contribution in [2.45, 2.75) is 46.2 Å². The minimum atomic E-state index is 0.183. The number of nitrogens with one attached hydrogen (secondary N) is 1. The molecule has 4 heterocycles. The van der Waals surface area contributed by atoms with Gasteiger partial charge >= 0.3 is 0 Å². The number of allylic oxidation sites excluding steroid dienone is 1. The Kier molecular flexibility index (Phi) is 6.15. The SMILES string of the molecule is C=CCn1c2c(c3cc(C(=O)N4CCC(C)CC4)ccc31)CN(CC1=CCNC=C1C)CC2. The number of hydrogen-bond acceptors (Lipinski definition) is 3. The number of carbonyl (C=O) groups is 1. The van der Waals surface area contributed by atoms with E-state index >= 15 is 0 Å². The van der Waals surface area contributed by atoms with Crippen LogP contribution >= 0.6 is 0 Å². The van der Waals surface area contributed by atoms with Crippen LogP contribution in [0.1, 0.15) is 48.3 Å². The second kappa shape index (κ2) is 9.22. The molecule has 5 nitrogen and oxygen atoms in total. The fourth-order valence-electron chi connectivity index (χ4n) is 5.58. The van der Waals surface area contributed by atoms with E-state index in [4.69, 9.17) is 0 Å². The Balaban J connectivity index is 1.46. The smallest absolute Gasteiger partial charge is 0.253 e. The first-order chi connectivity index (χ1) is 16.0. The molecule has 1 N–H and O–H groups in total. The molecule has 1 amide bonds. The largest absolute Gasteiger partial charge is 0.387 e. The van der Waals surface area contributed by atoms with Gasteiger partial charge in [0.25, 0.3) is 5.91 Å². The van der Waals surface area contributed by atoms with Crippen molar-refractivity contribution in [2.75, 3.05) is 32.7 Å². The maximum atomic E-state index is 13.3. The normalized spacial score (nSPS) is 19.6. The molecule has 2 aromatic rings. The van der Waals surface area contributed by atoms with E-state index < -0.39 is 0 Å². The van der Waals surface area contributed by atoms with Crippen LogP contribution in [0.4, 0.5) is 0 Å². The van der Waals surface area contributed by atoms with Gasteiger partial charge in [0.05, 0.1) is 0 Å². The Labute approximate surface area is 197 Å². The fraction of sp³-hybridized carbons (Fsp3) is 0.464. The minimum absolute atomic E-state index is 0.183. The van der Waals surface area contributed by atoms with Gasteiger partial charge in [-0.05, 0) is 66.8 Å². The number of likely N-dealkylation sites (tertiary alicyclic amines) is 1. The Bertz CT molecular complexity index is 1130. The minimum Gasteiger partial charge on any atom is -0.387 e. The first-order valence-electron chi connectivity index (χ1n) is 12.4. The van der Waals surface area contributed by atoms with E-state index in [-0.39, 0.29) is 5.91 Å². The molecule has 3 aliphatic rings. The lowest BCUT2D eigenvalue weighted by Crippen LogP contribution is -2.37. The van der Waals surface area contributed by atoms with Crippen LogP contribution in [0.5, 0.6) is 0 Å². The molecule has 1 fully saturated rings. The Morgan fingerprint density at radius 1 is 1.24 bits per heavy atom. The summed E-state index contributed by atoms with van der Waals surface area (Å²) in [7, 11) is 0. The molecule has 1 aromatic carbocycles. The van der Waals surface area contributed by atoms with Crippen LogP contribution in [0.2, 0.25) is 0 Å². The lowest BCUT2D eigenvalue weighted by atomic mass is 9.98. The molecule has 0 spiro atoms. The Morgan fingerprint density at radius 3 is 2.82 bits per heavy atom. The molecule has 0 atom stereocenters. The second-order valence-corrected chi connectivity index (χ2v) is 9.96. The van der Waals surface area contributed by atoms with Crippen molar-refractivity contribution in [2.24, 2.45) is 5.92 Å². The summed E-state index contributed by atoms with van der Waals surface area (Å²) in [5, 5.41) is 4.54. The van der Waals surface area contributed by atoms with Gasteiger partial charge in [-0.25, -0.2) is 0 Å². The van der Waals surface area contributed by atoms with Crippen LogP contribution in [0, 0.1) is 5.92 Å². The van der Waals surface area contributed by atoms with Gasteiger partial charge in [-0.3, -0.25) is 9.69 Å². The van der Waals surface area contributed by atoms with Crippen molar-refractivity contribution in [1.82, 2.24) is 19.7 Å². The molecule has 1 aromatic heterocycles. The average molecular weight is 445 g/mol. The lowest BCUT2D eigenvalue weighted by Gasteiger charge is -2.30. The number of fused-ring (bicyclic) bond motifs is 3. The van der Waals surface area contributed by atoms with E-state index in [1.54, 1.807) is 0 Å². The summed E-state index contributed by atoms with van der Waals surface area (Å²) in [6.07, 6.45) is 9.65. The molecular weight excluding hydrogens is 408 g/mol. The van der Waals surface area contributed by atoms with Crippen molar-refractivity contribution in [3.8, 4) is 0 Å². The monoisotopic (exact) mass is 444 g/mol. The fourth-order valence-corrected chi connectivity index (χ4v) is 5.58. The molecule has 5 rings (SSSR count). The number of piperidine rings is 1. The summed E-state index contributed by atoms with van der Waals surface area (Å²) in [6, 6.07) is 6.34. The Morgan fingerprint density at radius 2 is 2.06 bits per heavy atom. The van der Waals surface area contributed by atoms with E-state index in [9.17, 15) is 4.79 Å². The van der Waals surface area contributed by atoms with Crippen LogP contribution in [0.15, 0.2) is 54.3 Å². The molecule has 3 aliphatic heterocycles. The van der Waals surface area contributed by atoms with E-state index in [1.807, 2.05) is 17.0 Å². The summed E-state index contributed by atoms with van der Waals surface area (Å²) < 4.78 is 2.40. The van der Waals surface area contributed by atoms with Gasteiger partial charge in [0, 0.05) is 74.4 Å². The average Bonchev–Trinajstić information content (AvgIpc) is 3.13. The number of amides is 1. The number of carbonyl (C=O) groups excluding carboxylic acids is 1. The van der Waals surface area contributed by atoms with E-state index in [0.717, 1.165) is 76.6 Å². The van der Waals surface area contributed by atoms with Gasteiger partial charge in [0.1, 0.15) is 0 Å². The molecule has 0 bridgehead atoms. The maximum Gasteiger partial charge on any atom is 0.253 e. The highest BCUT2D eigenvalue weighted by atomic mass is 16.2. The quantitative estimate of drug-likeness (QED) is 0.691. The highest BCUT2D eigenvalue weighted by Crippen LogP contribution is 2.33. The van der Waals surface area contributed by atoms with Crippen LogP contribution in [0.3, 0.4) is 0 Å². The summed E-state index contributed by atoms with van der Waals surface area (Å²) in [5.41, 5.74) is 7.59. The standard InChI is InChI=1S/C28H36N4O/c1-4-12-32-26-6-5-22(28(33)31-14-8-20(2)9-15-31)16-24(26)25-19-30(13-10-27(25)32)18-23-7-11-29-17-21(23)3/h4-7,16-17,20,29H,1,8-15,18-19H2,2-3H3. The molecule has 0 aliphatic carbocycles. The van der Waals surface area contributed by atoms with Gasteiger partial charge in [-0.2, -0.15) is 0 Å². The van der Waals surface area contributed by atoms with Crippen LogP contribution < -0.4 is 5.32 Å². The summed E-state index contributed by atoms with van der Waals surface area (Å²) in [5.74, 6) is 0.901. The number of aromatic nitrogens is 1. The molecular formula is C28H36N4O. The summed E-state index contributed by atoms with van der Waals surface area (Å²) >= 11 is 0. The molecule has 174 valence electrons. The van der Waals surface area contributed by atoms with Crippen LogP contribution in [0.25, 0.3) is 10.9 Å². The number of benzene rings is 1. The van der Waals surface area contributed by atoms with E-state index in [2.05, 4.69) is 59.6 Å². The first-order valence-corrected chi connectivity index (χ1v) is 12.4. The summed E-state index contributed by atoms with van der Waals surface area (Å²) in [4.78, 5) is 17.9. The summed E-state index contributed by atoms with van der Waals surface area (Å²) in [6.45, 7) is 14.9. The zero-order valence-electron chi connectivity index (χ0n) is 20.1. The van der Waals surface area contributed by atoms with Gasteiger partial charge in [-0.15, -0.1) is 6.58 Å². The van der Waals surface area contributed by atoms with Crippen molar-refractivity contribution in [3.63, 3.8) is 0 Å². The topological polar surface area (TPSA) is 40.5 Å². The predicted octanol–water partition coefficient (Wildman–Crippen LogP) is 4.49. The number of hydrogen-bond donors (Lipinski definition) is 1. The van der Waals surface area contributed by atoms with Crippen molar-refractivity contribution < 1.29 is 4.79 Å². The van der Waals surface area contributed by atoms with Crippen LogP contribution in [-0.2, 0) is 19.5 Å². The van der Waals surface area contributed by atoms with Gasteiger partial charge in [0.15, 0.2) is 0 Å². The molecule has 0 saturated carbocycles. The Hall–Kier alpha value is -2.79.